The van der Waals surface area contributed by atoms with Crippen LogP contribution >= 0.6 is 11.6 Å². The minimum atomic E-state index is -4.74. The molecule has 2 aromatic carbocycles. The second-order valence-electron chi connectivity index (χ2n) is 11.8. The Hall–Kier alpha value is -3.51. The molecule has 5 rings (SSSR count). The summed E-state index contributed by atoms with van der Waals surface area (Å²) < 4.78 is 40.9. The Labute approximate surface area is 259 Å². The topological polar surface area (TPSA) is 119 Å². The number of likely N-dealkylation sites (tertiary alicyclic amines) is 2. The Bertz CT molecular complexity index is 1390. The Morgan fingerprint density at radius 2 is 1.68 bits per heavy atom. The summed E-state index contributed by atoms with van der Waals surface area (Å²) in [6, 6.07) is 9.67. The van der Waals surface area contributed by atoms with Gasteiger partial charge in [0.1, 0.15) is 0 Å². The molecule has 2 fully saturated rings. The molecule has 3 heterocycles. The van der Waals surface area contributed by atoms with E-state index >= 15 is 0 Å². The first-order valence-electron chi connectivity index (χ1n) is 15.0. The van der Waals surface area contributed by atoms with E-state index in [1.165, 1.54) is 6.07 Å². The monoisotopic (exact) mass is 635 g/mol. The summed E-state index contributed by atoms with van der Waals surface area (Å²) in [5, 5.41) is 12.6. The molecular weight excluding hydrogens is 599 g/mol. The third kappa shape index (κ3) is 7.23. The number of nitrogens with one attached hydrogen (secondary N) is 1. The molecule has 0 bridgehead atoms. The van der Waals surface area contributed by atoms with Crippen LogP contribution in [0.2, 0.25) is 5.02 Å². The van der Waals surface area contributed by atoms with Gasteiger partial charge in [-0.15, -0.1) is 0 Å². The van der Waals surface area contributed by atoms with Gasteiger partial charge in [0.05, 0.1) is 28.3 Å². The van der Waals surface area contributed by atoms with Gasteiger partial charge < -0.3 is 30.9 Å². The number of fused-ring (bicyclic) bond motifs is 1. The second kappa shape index (κ2) is 13.2. The molecule has 0 aromatic heterocycles. The number of amides is 4. The van der Waals surface area contributed by atoms with E-state index in [4.69, 9.17) is 17.3 Å². The van der Waals surface area contributed by atoms with E-state index < -0.39 is 29.4 Å². The van der Waals surface area contributed by atoms with Crippen LogP contribution in [-0.2, 0) is 28.6 Å². The number of rotatable bonds is 6. The van der Waals surface area contributed by atoms with E-state index in [2.05, 4.69) is 5.32 Å². The lowest BCUT2D eigenvalue weighted by Gasteiger charge is -2.38. The molecule has 4 N–H and O–H groups in total. The molecule has 0 saturated carbocycles. The van der Waals surface area contributed by atoms with Gasteiger partial charge in [0.25, 0.3) is 0 Å². The van der Waals surface area contributed by atoms with E-state index in [0.717, 1.165) is 23.7 Å². The van der Waals surface area contributed by atoms with Crippen LogP contribution in [0.15, 0.2) is 36.4 Å². The number of hydrogen-bond acceptors (Lipinski definition) is 5. The van der Waals surface area contributed by atoms with Crippen LogP contribution in [-0.4, -0.2) is 82.5 Å². The molecule has 2 saturated heterocycles. The number of nitrogen functional groups attached to an aromatic ring is 1. The average molecular weight is 636 g/mol. The quantitative estimate of drug-likeness (QED) is 0.403. The smallest absolute Gasteiger partial charge is 0.397 e. The number of anilines is 2. The highest BCUT2D eigenvalue weighted by Crippen LogP contribution is 2.38. The number of urea groups is 1. The van der Waals surface area contributed by atoms with Crippen molar-refractivity contribution in [2.24, 2.45) is 5.92 Å². The van der Waals surface area contributed by atoms with Crippen LogP contribution in [0.1, 0.15) is 48.8 Å². The van der Waals surface area contributed by atoms with Crippen LogP contribution < -0.4 is 11.1 Å². The van der Waals surface area contributed by atoms with Gasteiger partial charge in [0.2, 0.25) is 11.8 Å². The Kier molecular flexibility index (Phi) is 9.59. The molecule has 0 radical (unpaired) electrons. The first-order valence-corrected chi connectivity index (χ1v) is 15.3. The van der Waals surface area contributed by atoms with Gasteiger partial charge in [-0.2, -0.15) is 13.2 Å². The average Bonchev–Trinajstić information content (AvgIpc) is 3.16. The zero-order valence-electron chi connectivity index (χ0n) is 24.3. The lowest BCUT2D eigenvalue weighted by atomic mass is 9.91. The standard InChI is InChI=1S/C31H37ClF3N5O4/c32-25-17-19(16-24(28(25)36)31(33,34)35)15-21(29(43)39-12-8-23(41)9-13-39)18-27(42)38-10-6-22(7-11-38)40-14-5-20-3-1-2-4-26(20)37-30(40)44/h1-4,16-17,21-23,41H,5-15,18,36H2,(H,37,44)/t21-/m0/s1. The van der Waals surface area contributed by atoms with Crippen LogP contribution in [0.25, 0.3) is 0 Å². The summed E-state index contributed by atoms with van der Waals surface area (Å²) in [7, 11) is 0. The number of piperidine rings is 2. The minimum absolute atomic E-state index is 0.0525. The van der Waals surface area contributed by atoms with E-state index in [1.807, 2.05) is 29.2 Å². The van der Waals surface area contributed by atoms with Crippen molar-refractivity contribution in [1.82, 2.24) is 14.7 Å². The largest absolute Gasteiger partial charge is 0.418 e. The summed E-state index contributed by atoms with van der Waals surface area (Å²) in [6.45, 7) is 1.95. The van der Waals surface area contributed by atoms with E-state index in [0.29, 0.717) is 58.4 Å². The fourth-order valence-corrected chi connectivity index (χ4v) is 6.65. The highest BCUT2D eigenvalue weighted by molar-refractivity contribution is 6.33. The molecule has 9 nitrogen and oxygen atoms in total. The first kappa shape index (κ1) is 31.9. The van der Waals surface area contributed by atoms with Gasteiger partial charge in [-0.25, -0.2) is 4.79 Å². The highest BCUT2D eigenvalue weighted by Gasteiger charge is 2.37. The number of hydrogen-bond donors (Lipinski definition) is 3. The zero-order valence-corrected chi connectivity index (χ0v) is 25.0. The predicted octanol–water partition coefficient (Wildman–Crippen LogP) is 4.55. The number of para-hydroxylation sites is 1. The molecule has 13 heteroatoms. The van der Waals surface area contributed by atoms with Gasteiger partial charge in [-0.3, -0.25) is 9.59 Å². The zero-order chi connectivity index (χ0) is 31.6. The van der Waals surface area contributed by atoms with Crippen LogP contribution in [0.4, 0.5) is 29.3 Å². The third-order valence-corrected chi connectivity index (χ3v) is 9.24. The van der Waals surface area contributed by atoms with Gasteiger partial charge in [0, 0.05) is 50.9 Å². The second-order valence-corrected chi connectivity index (χ2v) is 12.2. The van der Waals surface area contributed by atoms with Crippen molar-refractivity contribution >= 4 is 40.8 Å². The van der Waals surface area contributed by atoms with E-state index in [9.17, 15) is 32.7 Å². The van der Waals surface area contributed by atoms with Crippen molar-refractivity contribution in [3.63, 3.8) is 0 Å². The lowest BCUT2D eigenvalue weighted by Crippen LogP contribution is -2.50. The van der Waals surface area contributed by atoms with E-state index in [-0.39, 0.29) is 47.3 Å². The van der Waals surface area contributed by atoms with Gasteiger partial charge in [-0.05, 0) is 67.9 Å². The summed E-state index contributed by atoms with van der Waals surface area (Å²) in [5.74, 6) is -1.54. The van der Waals surface area contributed by atoms with Crippen LogP contribution in [0.3, 0.4) is 0 Å². The Morgan fingerprint density at radius 1 is 1.02 bits per heavy atom. The number of aliphatic hydroxyl groups is 1. The maximum atomic E-state index is 13.6. The van der Waals surface area contributed by atoms with Crippen molar-refractivity contribution in [2.75, 3.05) is 43.8 Å². The Morgan fingerprint density at radius 3 is 2.36 bits per heavy atom. The van der Waals surface area contributed by atoms with Gasteiger partial charge in [-0.1, -0.05) is 29.8 Å². The molecule has 44 heavy (non-hydrogen) atoms. The number of alkyl halides is 3. The molecule has 3 aliphatic rings. The molecule has 0 spiro atoms. The number of aliphatic hydroxyl groups excluding tert-OH is 1. The maximum Gasteiger partial charge on any atom is 0.418 e. The van der Waals surface area contributed by atoms with Crippen molar-refractivity contribution in [1.29, 1.82) is 0 Å². The Balaban J connectivity index is 1.26. The van der Waals surface area contributed by atoms with Crippen LogP contribution in [0.5, 0.6) is 0 Å². The number of halogens is 4. The normalized spacial score (nSPS) is 19.3. The van der Waals surface area contributed by atoms with Crippen molar-refractivity contribution in [3.05, 3.63) is 58.1 Å². The van der Waals surface area contributed by atoms with Gasteiger partial charge in [0.15, 0.2) is 0 Å². The fourth-order valence-electron chi connectivity index (χ4n) is 6.41. The molecule has 4 amide bonds. The molecule has 1 atom stereocenters. The molecule has 238 valence electrons. The van der Waals surface area contributed by atoms with Crippen molar-refractivity contribution in [2.45, 2.75) is 63.3 Å². The summed E-state index contributed by atoms with van der Waals surface area (Å²) in [6.07, 6.45) is -2.94. The minimum Gasteiger partial charge on any atom is -0.397 e. The molecule has 0 unspecified atom stereocenters. The number of carbonyl (C=O) groups excluding carboxylic acids is 3. The molecule has 0 aliphatic carbocycles. The molecule has 2 aromatic rings. The van der Waals surface area contributed by atoms with Crippen molar-refractivity contribution < 1.29 is 32.7 Å². The molecule has 3 aliphatic heterocycles. The van der Waals surface area contributed by atoms with Crippen LogP contribution in [0, 0.1) is 5.92 Å². The van der Waals surface area contributed by atoms with Crippen molar-refractivity contribution in [3.8, 4) is 0 Å². The number of nitrogens with zero attached hydrogens (tertiary/aromatic N) is 3. The number of nitrogens with two attached hydrogens (primary N) is 1. The first-order chi connectivity index (χ1) is 20.9. The number of benzene rings is 2. The summed E-state index contributed by atoms with van der Waals surface area (Å²) >= 11 is 6.05. The highest BCUT2D eigenvalue weighted by atomic mass is 35.5. The summed E-state index contributed by atoms with van der Waals surface area (Å²) in [5.41, 5.74) is 5.96. The predicted molar refractivity (Wildman–Crippen MR) is 160 cm³/mol. The summed E-state index contributed by atoms with van der Waals surface area (Å²) in [4.78, 5) is 45.2. The molecular formula is C31H37ClF3N5O4. The SMILES string of the molecule is Nc1c(Cl)cc(C[C@@H](CC(=O)N2CCC(N3CCc4ccccc4NC3=O)CC2)C(=O)N2CCC(O)CC2)cc1C(F)(F)F. The van der Waals surface area contributed by atoms with E-state index in [1.54, 1.807) is 9.80 Å². The number of carbonyl (C=O) groups is 3. The fraction of sp³-hybridized carbons (Fsp3) is 0.516. The lowest BCUT2D eigenvalue weighted by molar-refractivity contribution is -0.143. The maximum absolute atomic E-state index is 13.6. The van der Waals surface area contributed by atoms with Gasteiger partial charge >= 0.3 is 12.2 Å². The third-order valence-electron chi connectivity index (χ3n) is 8.92.